The van der Waals surface area contributed by atoms with Crippen molar-refractivity contribution in [1.29, 1.82) is 0 Å². The van der Waals surface area contributed by atoms with E-state index in [1.54, 1.807) is 0 Å². The van der Waals surface area contributed by atoms with Crippen LogP contribution in [0.15, 0.2) is 27.8 Å². The van der Waals surface area contributed by atoms with Crippen LogP contribution in [-0.2, 0) is 19.6 Å². The van der Waals surface area contributed by atoms with Gasteiger partial charge in [-0.1, -0.05) is 0 Å². The van der Waals surface area contributed by atoms with Gasteiger partial charge < -0.3 is 4.74 Å². The molecule has 1 unspecified atom stereocenters. The Bertz CT molecular complexity index is 590. The van der Waals surface area contributed by atoms with Gasteiger partial charge in [0.05, 0.1) is 13.0 Å². The maximum absolute atomic E-state index is 12.4. The molecule has 1 aliphatic heterocycles. The minimum absolute atomic E-state index is 0.118. The summed E-state index contributed by atoms with van der Waals surface area (Å²) in [5.41, 5.74) is 0. The number of pyridine rings is 1. The molecule has 6 nitrogen and oxygen atoms in total. The van der Waals surface area contributed by atoms with E-state index in [2.05, 4.69) is 25.7 Å². The first kappa shape index (κ1) is 14.4. The number of hydrogen-bond acceptors (Lipinski definition) is 5. The summed E-state index contributed by atoms with van der Waals surface area (Å²) >= 11 is 3.19. The number of hydrogen-bond donors (Lipinski definition) is 0. The molecule has 19 heavy (non-hydrogen) atoms. The zero-order valence-corrected chi connectivity index (χ0v) is 12.6. The number of nitrogens with zero attached hydrogens (tertiary/aromatic N) is 2. The number of sulfonamides is 1. The summed E-state index contributed by atoms with van der Waals surface area (Å²) in [6.07, 6.45) is 3.29. The molecule has 1 aromatic rings. The lowest BCUT2D eigenvalue weighted by Crippen LogP contribution is -2.30. The van der Waals surface area contributed by atoms with Crippen molar-refractivity contribution in [2.24, 2.45) is 5.92 Å². The Morgan fingerprint density at radius 1 is 1.53 bits per heavy atom. The molecule has 0 saturated carbocycles. The lowest BCUT2D eigenvalue weighted by molar-refractivity contribution is -0.144. The molecule has 8 heteroatoms. The summed E-state index contributed by atoms with van der Waals surface area (Å²) in [5, 5.41) is 0. The SMILES string of the molecule is COC(=O)C1CCN(S(=O)(=O)c2cncc(Br)c2)C1. The fourth-order valence-corrected chi connectivity index (χ4v) is 3.99. The van der Waals surface area contributed by atoms with Gasteiger partial charge in [-0.2, -0.15) is 4.31 Å². The molecule has 1 aliphatic rings. The molecule has 2 rings (SSSR count). The molecule has 1 fully saturated rings. The average molecular weight is 349 g/mol. The van der Waals surface area contributed by atoms with Crippen LogP contribution in [0.1, 0.15) is 6.42 Å². The van der Waals surface area contributed by atoms with Crippen LogP contribution in [0, 0.1) is 5.92 Å². The van der Waals surface area contributed by atoms with Gasteiger partial charge in [0.15, 0.2) is 0 Å². The van der Waals surface area contributed by atoms with E-state index >= 15 is 0 Å². The van der Waals surface area contributed by atoms with Crippen molar-refractivity contribution in [2.45, 2.75) is 11.3 Å². The number of methoxy groups -OCH3 is 1. The molecular formula is C11H13BrN2O4S. The number of carbonyl (C=O) groups is 1. The Kier molecular flexibility index (Phi) is 4.22. The quantitative estimate of drug-likeness (QED) is 0.762. The average Bonchev–Trinajstić information content (AvgIpc) is 2.88. The summed E-state index contributed by atoms with van der Waals surface area (Å²) in [6, 6.07) is 1.49. The van der Waals surface area contributed by atoms with Gasteiger partial charge in [0.25, 0.3) is 0 Å². The second-order valence-corrected chi connectivity index (χ2v) is 7.06. The molecule has 1 saturated heterocycles. The first-order valence-electron chi connectivity index (χ1n) is 5.63. The van der Waals surface area contributed by atoms with Gasteiger partial charge in [0.2, 0.25) is 10.0 Å². The number of halogens is 1. The Labute approximate surface area is 119 Å². The zero-order valence-electron chi connectivity index (χ0n) is 10.2. The molecule has 0 amide bonds. The second-order valence-electron chi connectivity index (χ2n) is 4.21. The Morgan fingerprint density at radius 2 is 2.26 bits per heavy atom. The molecule has 0 spiro atoms. The number of ether oxygens (including phenoxy) is 1. The van der Waals surface area contributed by atoms with Crippen LogP contribution in [0.2, 0.25) is 0 Å². The lowest BCUT2D eigenvalue weighted by atomic mass is 10.1. The van der Waals surface area contributed by atoms with Crippen LogP contribution >= 0.6 is 15.9 Å². The number of carbonyl (C=O) groups excluding carboxylic acids is 1. The molecule has 104 valence electrons. The first-order chi connectivity index (χ1) is 8.95. The van der Waals surface area contributed by atoms with E-state index in [0.717, 1.165) is 0 Å². The van der Waals surface area contributed by atoms with E-state index in [4.69, 9.17) is 0 Å². The van der Waals surface area contributed by atoms with Gasteiger partial charge in [-0.3, -0.25) is 9.78 Å². The summed E-state index contributed by atoms with van der Waals surface area (Å²) in [4.78, 5) is 15.4. The van der Waals surface area contributed by atoms with Crippen LogP contribution in [0.3, 0.4) is 0 Å². The van der Waals surface area contributed by atoms with E-state index in [1.165, 1.54) is 29.9 Å². The van der Waals surface area contributed by atoms with Crippen LogP contribution in [0.5, 0.6) is 0 Å². The van der Waals surface area contributed by atoms with E-state index in [1.807, 2.05) is 0 Å². The molecule has 0 N–H and O–H groups in total. The second kappa shape index (κ2) is 5.56. The predicted octanol–water partition coefficient (Wildman–Crippen LogP) is 1.03. The highest BCUT2D eigenvalue weighted by molar-refractivity contribution is 9.10. The molecule has 0 aromatic carbocycles. The standard InChI is InChI=1S/C11H13BrN2O4S/c1-18-11(15)8-2-3-14(7-8)19(16,17)10-4-9(12)5-13-6-10/h4-6,8H,2-3,7H2,1H3. The molecule has 2 heterocycles. The van der Waals surface area contributed by atoms with Gasteiger partial charge in [-0.15, -0.1) is 0 Å². The summed E-state index contributed by atoms with van der Waals surface area (Å²) in [5.74, 6) is -0.759. The topological polar surface area (TPSA) is 76.6 Å². The first-order valence-corrected chi connectivity index (χ1v) is 7.87. The maximum atomic E-state index is 12.4. The van der Waals surface area contributed by atoms with Crippen LogP contribution < -0.4 is 0 Å². The van der Waals surface area contributed by atoms with Crippen molar-refractivity contribution < 1.29 is 17.9 Å². The highest BCUT2D eigenvalue weighted by atomic mass is 79.9. The summed E-state index contributed by atoms with van der Waals surface area (Å²) in [6.45, 7) is 0.468. The smallest absolute Gasteiger partial charge is 0.310 e. The predicted molar refractivity (Wildman–Crippen MR) is 70.8 cm³/mol. The molecule has 1 atom stereocenters. The molecule has 0 aliphatic carbocycles. The Balaban J connectivity index is 2.21. The van der Waals surface area contributed by atoms with Crippen LogP contribution in [0.25, 0.3) is 0 Å². The van der Waals surface area contributed by atoms with Crippen LogP contribution in [-0.4, -0.2) is 43.9 Å². The van der Waals surface area contributed by atoms with Gasteiger partial charge in [-0.25, -0.2) is 8.42 Å². The number of aromatic nitrogens is 1. The highest BCUT2D eigenvalue weighted by Gasteiger charge is 2.36. The maximum Gasteiger partial charge on any atom is 0.310 e. The van der Waals surface area contributed by atoms with Crippen LogP contribution in [0.4, 0.5) is 0 Å². The monoisotopic (exact) mass is 348 g/mol. The minimum Gasteiger partial charge on any atom is -0.469 e. The number of rotatable bonds is 3. The normalized spacial score (nSPS) is 20.4. The molecule has 0 radical (unpaired) electrons. The van der Waals surface area contributed by atoms with E-state index in [9.17, 15) is 13.2 Å². The lowest BCUT2D eigenvalue weighted by Gasteiger charge is -2.16. The van der Waals surface area contributed by atoms with Crippen molar-refractivity contribution in [2.75, 3.05) is 20.2 Å². The fourth-order valence-electron chi connectivity index (χ4n) is 1.99. The van der Waals surface area contributed by atoms with E-state index in [-0.39, 0.29) is 23.3 Å². The summed E-state index contributed by atoms with van der Waals surface area (Å²) < 4.78 is 31.2. The van der Waals surface area contributed by atoms with Crippen molar-refractivity contribution in [3.05, 3.63) is 22.9 Å². The third-order valence-electron chi connectivity index (χ3n) is 3.00. The van der Waals surface area contributed by atoms with Crippen molar-refractivity contribution in [3.8, 4) is 0 Å². The Morgan fingerprint density at radius 3 is 2.89 bits per heavy atom. The minimum atomic E-state index is -3.60. The zero-order chi connectivity index (χ0) is 14.0. The third-order valence-corrected chi connectivity index (χ3v) is 5.27. The van der Waals surface area contributed by atoms with Gasteiger partial charge >= 0.3 is 5.97 Å². The van der Waals surface area contributed by atoms with Gasteiger partial charge in [0.1, 0.15) is 4.90 Å². The van der Waals surface area contributed by atoms with E-state index < -0.39 is 10.0 Å². The van der Waals surface area contributed by atoms with E-state index in [0.29, 0.717) is 17.4 Å². The number of esters is 1. The fraction of sp³-hybridized carbons (Fsp3) is 0.455. The largest absolute Gasteiger partial charge is 0.469 e. The van der Waals surface area contributed by atoms with Crippen molar-refractivity contribution in [1.82, 2.24) is 9.29 Å². The highest BCUT2D eigenvalue weighted by Crippen LogP contribution is 2.25. The molecular weight excluding hydrogens is 336 g/mol. The van der Waals surface area contributed by atoms with Crippen molar-refractivity contribution >= 4 is 31.9 Å². The molecule has 0 bridgehead atoms. The summed E-state index contributed by atoms with van der Waals surface area (Å²) in [7, 11) is -2.30. The Hall–Kier alpha value is -0.990. The molecule has 1 aromatic heterocycles. The van der Waals surface area contributed by atoms with Crippen molar-refractivity contribution in [3.63, 3.8) is 0 Å². The third kappa shape index (κ3) is 2.96. The van der Waals surface area contributed by atoms with Gasteiger partial charge in [-0.05, 0) is 28.4 Å². The van der Waals surface area contributed by atoms with Gasteiger partial charge in [0, 0.05) is 30.0 Å².